The fraction of sp³-hybridized carbons (Fsp3) is 0.385. The van der Waals surface area contributed by atoms with E-state index in [4.69, 9.17) is 10.00 Å². The molecule has 0 saturated heterocycles. The van der Waals surface area contributed by atoms with Gasteiger partial charge in [0.25, 0.3) is 0 Å². The lowest BCUT2D eigenvalue weighted by Crippen LogP contribution is -2.23. The number of hydrogen-bond donors (Lipinski definition) is 0. The molecule has 88 valence electrons. The molecule has 1 aliphatic heterocycles. The number of anilines is 1. The van der Waals surface area contributed by atoms with Gasteiger partial charge in [-0.3, -0.25) is 4.79 Å². The zero-order valence-electron chi connectivity index (χ0n) is 9.93. The van der Waals surface area contributed by atoms with Gasteiger partial charge in [0.05, 0.1) is 25.0 Å². The predicted octanol–water partition coefficient (Wildman–Crippen LogP) is 2.06. The minimum absolute atomic E-state index is 0.0183. The summed E-state index contributed by atoms with van der Waals surface area (Å²) in [6, 6.07) is 7.65. The molecule has 0 N–H and O–H groups in total. The summed E-state index contributed by atoms with van der Waals surface area (Å²) in [5, 5.41) is 8.78. The average molecular weight is 230 g/mol. The van der Waals surface area contributed by atoms with Gasteiger partial charge in [0, 0.05) is 12.7 Å². The van der Waals surface area contributed by atoms with Gasteiger partial charge >= 0.3 is 0 Å². The van der Waals surface area contributed by atoms with Crippen molar-refractivity contribution in [2.75, 3.05) is 18.6 Å². The quantitative estimate of drug-likeness (QED) is 0.798. The van der Waals surface area contributed by atoms with Crippen LogP contribution in [0, 0.1) is 11.3 Å². The third-order valence-electron chi connectivity index (χ3n) is 2.97. The van der Waals surface area contributed by atoms with Crippen LogP contribution in [0.4, 0.5) is 5.69 Å². The van der Waals surface area contributed by atoms with Gasteiger partial charge in [-0.25, -0.2) is 0 Å². The van der Waals surface area contributed by atoms with Crippen molar-refractivity contribution in [1.82, 2.24) is 0 Å². The summed E-state index contributed by atoms with van der Waals surface area (Å²) < 4.78 is 5.42. The molecule has 0 bridgehead atoms. The van der Waals surface area contributed by atoms with Gasteiger partial charge in [-0.15, -0.1) is 0 Å². The highest BCUT2D eigenvalue weighted by Gasteiger charge is 2.35. The molecule has 1 aliphatic rings. The van der Waals surface area contributed by atoms with Gasteiger partial charge in [-0.1, -0.05) is 0 Å². The lowest BCUT2D eigenvalue weighted by molar-refractivity contribution is -0.118. The number of ether oxygens (including phenoxy) is 1. The van der Waals surface area contributed by atoms with Crippen molar-refractivity contribution < 1.29 is 9.53 Å². The van der Waals surface area contributed by atoms with Crippen LogP contribution in [0.5, 0.6) is 5.75 Å². The van der Waals surface area contributed by atoms with Crippen LogP contribution in [0.3, 0.4) is 0 Å². The Labute approximate surface area is 100 Å². The van der Waals surface area contributed by atoms with E-state index in [1.807, 2.05) is 25.1 Å². The highest BCUT2D eigenvalue weighted by Crippen LogP contribution is 2.40. The van der Waals surface area contributed by atoms with Crippen molar-refractivity contribution in [1.29, 1.82) is 5.26 Å². The number of carbonyl (C=O) groups excluding carboxylic acids is 1. The lowest BCUT2D eigenvalue weighted by atomic mass is 9.98. The molecular formula is C13H14N2O2. The Hall–Kier alpha value is -2.02. The monoisotopic (exact) mass is 230 g/mol. The van der Waals surface area contributed by atoms with Gasteiger partial charge in [-0.2, -0.15) is 5.26 Å². The molecule has 4 heteroatoms. The SMILES string of the molecule is CCOc1ccc2c(c1)C(CC#N)C(=O)N2C. The average Bonchev–Trinajstić information content (AvgIpc) is 2.55. The molecule has 4 nitrogen and oxygen atoms in total. The molecule has 0 aromatic heterocycles. The van der Waals surface area contributed by atoms with Crippen LogP contribution in [0.2, 0.25) is 0 Å². The number of rotatable bonds is 3. The first-order valence-corrected chi connectivity index (χ1v) is 5.60. The number of nitrogens with zero attached hydrogens (tertiary/aromatic N) is 2. The summed E-state index contributed by atoms with van der Waals surface area (Å²) in [5.41, 5.74) is 1.77. The maximum Gasteiger partial charge on any atom is 0.235 e. The van der Waals surface area contributed by atoms with E-state index in [0.29, 0.717) is 6.61 Å². The van der Waals surface area contributed by atoms with Crippen LogP contribution in [0.1, 0.15) is 24.8 Å². The van der Waals surface area contributed by atoms with Crippen molar-refractivity contribution in [3.63, 3.8) is 0 Å². The Morgan fingerprint density at radius 1 is 1.53 bits per heavy atom. The van der Waals surface area contributed by atoms with E-state index in [0.717, 1.165) is 17.0 Å². The molecule has 1 amide bonds. The van der Waals surface area contributed by atoms with Gasteiger partial charge in [0.2, 0.25) is 5.91 Å². The molecule has 1 unspecified atom stereocenters. The molecule has 17 heavy (non-hydrogen) atoms. The van der Waals surface area contributed by atoms with E-state index in [-0.39, 0.29) is 18.2 Å². The van der Waals surface area contributed by atoms with E-state index in [9.17, 15) is 4.79 Å². The van der Waals surface area contributed by atoms with Crippen LogP contribution in [0.25, 0.3) is 0 Å². The molecule has 0 radical (unpaired) electrons. The standard InChI is InChI=1S/C13H14N2O2/c1-3-17-9-4-5-12-11(8-9)10(6-7-14)13(16)15(12)2/h4-5,8,10H,3,6H2,1-2H3. The summed E-state index contributed by atoms with van der Waals surface area (Å²) in [5.74, 6) is 0.382. The van der Waals surface area contributed by atoms with E-state index < -0.39 is 0 Å². The Bertz CT molecular complexity index is 491. The predicted molar refractivity (Wildman–Crippen MR) is 64.0 cm³/mol. The molecule has 1 heterocycles. The summed E-state index contributed by atoms with van der Waals surface area (Å²) in [6.07, 6.45) is 0.214. The molecule has 0 saturated carbocycles. The fourth-order valence-corrected chi connectivity index (χ4v) is 2.15. The third kappa shape index (κ3) is 1.84. The Morgan fingerprint density at radius 2 is 2.29 bits per heavy atom. The Morgan fingerprint density at radius 3 is 2.94 bits per heavy atom. The molecule has 2 rings (SSSR count). The number of nitriles is 1. The first-order chi connectivity index (χ1) is 8.19. The summed E-state index contributed by atoms with van der Waals surface area (Å²) in [7, 11) is 1.74. The zero-order valence-corrected chi connectivity index (χ0v) is 9.93. The molecule has 0 spiro atoms. The molecular weight excluding hydrogens is 216 g/mol. The van der Waals surface area contributed by atoms with E-state index in [2.05, 4.69) is 6.07 Å². The first kappa shape index (κ1) is 11.5. The Balaban J connectivity index is 2.42. The smallest absolute Gasteiger partial charge is 0.235 e. The van der Waals surface area contributed by atoms with Crippen LogP contribution in [-0.2, 0) is 4.79 Å². The van der Waals surface area contributed by atoms with Gasteiger partial charge in [0.1, 0.15) is 5.75 Å². The number of benzene rings is 1. The molecule has 0 fully saturated rings. The highest BCUT2D eigenvalue weighted by atomic mass is 16.5. The van der Waals surface area contributed by atoms with Crippen molar-refractivity contribution in [2.45, 2.75) is 19.3 Å². The maximum atomic E-state index is 12.0. The second kappa shape index (κ2) is 4.46. The minimum Gasteiger partial charge on any atom is -0.494 e. The largest absolute Gasteiger partial charge is 0.494 e. The number of amides is 1. The topological polar surface area (TPSA) is 53.3 Å². The number of carbonyl (C=O) groups is 1. The zero-order chi connectivity index (χ0) is 12.4. The van der Waals surface area contributed by atoms with Crippen molar-refractivity contribution in [3.05, 3.63) is 23.8 Å². The van der Waals surface area contributed by atoms with Crippen molar-refractivity contribution in [2.24, 2.45) is 0 Å². The fourth-order valence-electron chi connectivity index (χ4n) is 2.15. The number of hydrogen-bond acceptors (Lipinski definition) is 3. The van der Waals surface area contributed by atoms with Crippen LogP contribution in [0.15, 0.2) is 18.2 Å². The van der Waals surface area contributed by atoms with Crippen LogP contribution in [-0.4, -0.2) is 19.6 Å². The third-order valence-corrected chi connectivity index (χ3v) is 2.97. The van der Waals surface area contributed by atoms with Gasteiger partial charge in [0.15, 0.2) is 0 Å². The van der Waals surface area contributed by atoms with E-state index in [1.165, 1.54) is 0 Å². The number of likely N-dealkylation sites (N-methyl/N-ethyl adjacent to an activating group) is 1. The first-order valence-electron chi connectivity index (χ1n) is 5.60. The minimum atomic E-state index is -0.347. The lowest BCUT2D eigenvalue weighted by Gasteiger charge is -2.10. The summed E-state index contributed by atoms with van der Waals surface area (Å²) >= 11 is 0. The van der Waals surface area contributed by atoms with Gasteiger partial charge in [-0.05, 0) is 30.7 Å². The van der Waals surface area contributed by atoms with Crippen LogP contribution < -0.4 is 9.64 Å². The molecule has 0 aliphatic carbocycles. The normalized spacial score (nSPS) is 17.8. The van der Waals surface area contributed by atoms with Crippen molar-refractivity contribution in [3.8, 4) is 11.8 Å². The van der Waals surface area contributed by atoms with Crippen molar-refractivity contribution >= 4 is 11.6 Å². The van der Waals surface area contributed by atoms with Gasteiger partial charge < -0.3 is 9.64 Å². The summed E-state index contributed by atoms with van der Waals surface area (Å²) in [4.78, 5) is 13.6. The number of fused-ring (bicyclic) bond motifs is 1. The molecule has 1 aromatic rings. The second-order valence-electron chi connectivity index (χ2n) is 3.97. The molecule has 1 atom stereocenters. The second-order valence-corrected chi connectivity index (χ2v) is 3.97. The van der Waals surface area contributed by atoms with E-state index in [1.54, 1.807) is 11.9 Å². The van der Waals surface area contributed by atoms with E-state index >= 15 is 0 Å². The molecule has 1 aromatic carbocycles. The summed E-state index contributed by atoms with van der Waals surface area (Å²) in [6.45, 7) is 2.50. The maximum absolute atomic E-state index is 12.0. The Kier molecular flexibility index (Phi) is 3.01. The highest BCUT2D eigenvalue weighted by molar-refractivity contribution is 6.04. The van der Waals surface area contributed by atoms with Crippen LogP contribution >= 0.6 is 0 Å².